The molecule has 0 aliphatic rings. The first-order valence-corrected chi connectivity index (χ1v) is 3.76. The molecule has 0 saturated carbocycles. The lowest BCUT2D eigenvalue weighted by molar-refractivity contribution is -0.703. The summed E-state index contributed by atoms with van der Waals surface area (Å²) < 4.78 is 6.06. The molecular weight excluding hydrogens is 174 g/mol. The molecule has 1 aromatic heterocycles. The molecule has 1 aromatic carbocycles. The van der Waals surface area contributed by atoms with Gasteiger partial charge in [0.25, 0.3) is 5.43 Å². The van der Waals surface area contributed by atoms with Crippen molar-refractivity contribution in [3.05, 3.63) is 40.7 Å². The highest BCUT2D eigenvalue weighted by atomic mass is 32.1. The van der Waals surface area contributed by atoms with E-state index in [4.69, 9.17) is 4.52 Å². The molecule has 0 N–H and O–H groups in total. The van der Waals surface area contributed by atoms with Crippen LogP contribution in [0.15, 0.2) is 39.8 Å². The van der Waals surface area contributed by atoms with Crippen LogP contribution in [0.5, 0.6) is 0 Å². The molecule has 0 saturated heterocycles. The first kappa shape index (κ1) is 7.24. The number of aromatic nitrogens is 1. The molecule has 0 atom stereocenters. The van der Waals surface area contributed by atoms with Crippen molar-refractivity contribution in [3.8, 4) is 0 Å². The highest BCUT2D eigenvalue weighted by Gasteiger charge is 2.02. The minimum Gasteiger partial charge on any atom is -0.369 e. The average Bonchev–Trinajstić information content (AvgIpc) is 2.04. The smallest absolute Gasteiger partial charge is 0.255 e. The zero-order valence-electron chi connectivity index (χ0n) is 6.06. The van der Waals surface area contributed by atoms with Crippen LogP contribution in [0.4, 0.5) is 0 Å². The molecule has 0 spiro atoms. The van der Waals surface area contributed by atoms with Gasteiger partial charge in [-0.3, -0.25) is 9.32 Å². The van der Waals surface area contributed by atoms with Crippen molar-refractivity contribution < 1.29 is 8.67 Å². The SMILES string of the molecule is O=c1c[n+]([S-])oc2ccccc12. The molecule has 60 valence electrons. The Balaban J connectivity index is 2.99. The van der Waals surface area contributed by atoms with Crippen LogP contribution in [0.2, 0.25) is 0 Å². The van der Waals surface area contributed by atoms with Crippen LogP contribution < -0.4 is 9.57 Å². The van der Waals surface area contributed by atoms with Gasteiger partial charge in [-0.1, -0.05) is 12.1 Å². The van der Waals surface area contributed by atoms with Crippen molar-refractivity contribution in [2.75, 3.05) is 0 Å². The van der Waals surface area contributed by atoms with E-state index in [1.165, 1.54) is 6.20 Å². The topological polar surface area (TPSA) is 34.1 Å². The van der Waals surface area contributed by atoms with Gasteiger partial charge in [0.15, 0.2) is 0 Å². The van der Waals surface area contributed by atoms with E-state index in [9.17, 15) is 4.79 Å². The Bertz CT molecular complexity index is 478. The first-order valence-electron chi connectivity index (χ1n) is 3.40. The number of rotatable bonds is 0. The molecule has 3 nitrogen and oxygen atoms in total. The molecule has 0 aliphatic heterocycles. The third-order valence-corrected chi connectivity index (χ3v) is 1.74. The normalized spacial score (nSPS) is 10.3. The number of nitrogens with zero attached hydrogens (tertiary/aromatic N) is 1. The third-order valence-electron chi connectivity index (χ3n) is 1.56. The Morgan fingerprint density at radius 2 is 2.08 bits per heavy atom. The second kappa shape index (κ2) is 2.57. The predicted octanol–water partition coefficient (Wildman–Crippen LogP) is 0.390. The van der Waals surface area contributed by atoms with Gasteiger partial charge < -0.3 is 12.8 Å². The fraction of sp³-hybridized carbons (Fsp3) is 0. The first-order chi connectivity index (χ1) is 5.77. The van der Waals surface area contributed by atoms with Gasteiger partial charge >= 0.3 is 0 Å². The van der Waals surface area contributed by atoms with Crippen LogP contribution in [0.1, 0.15) is 0 Å². The Morgan fingerprint density at radius 3 is 2.92 bits per heavy atom. The maximum absolute atomic E-state index is 11.3. The van der Waals surface area contributed by atoms with Gasteiger partial charge in [0.2, 0.25) is 11.8 Å². The van der Waals surface area contributed by atoms with Gasteiger partial charge in [0.05, 0.1) is 5.39 Å². The molecule has 1 heterocycles. The van der Waals surface area contributed by atoms with Gasteiger partial charge in [-0.15, -0.1) is 4.15 Å². The number of fused-ring (bicyclic) bond motifs is 1. The number of hydrogen-bond acceptors (Lipinski definition) is 3. The van der Waals surface area contributed by atoms with E-state index in [2.05, 4.69) is 12.8 Å². The highest BCUT2D eigenvalue weighted by Crippen LogP contribution is 2.04. The standard InChI is InChI=1S/C8H5NO2S/c10-7-5-9(12)11-8-4-2-1-3-6(7)8/h1-5H. The fourth-order valence-corrected chi connectivity index (χ4v) is 1.21. The van der Waals surface area contributed by atoms with Gasteiger partial charge in [0, 0.05) is 0 Å². The van der Waals surface area contributed by atoms with Crippen molar-refractivity contribution in [1.29, 1.82) is 0 Å². The van der Waals surface area contributed by atoms with E-state index in [1.807, 2.05) is 0 Å². The van der Waals surface area contributed by atoms with Crippen molar-refractivity contribution in [3.63, 3.8) is 0 Å². The van der Waals surface area contributed by atoms with Crippen molar-refractivity contribution in [1.82, 2.24) is 0 Å². The number of para-hydroxylation sites is 1. The summed E-state index contributed by atoms with van der Waals surface area (Å²) in [4.78, 5) is 11.3. The monoisotopic (exact) mass is 179 g/mol. The van der Waals surface area contributed by atoms with Crippen LogP contribution in [0.25, 0.3) is 11.0 Å². The van der Waals surface area contributed by atoms with E-state index < -0.39 is 0 Å². The third kappa shape index (κ3) is 1.06. The molecule has 0 unspecified atom stereocenters. The lowest BCUT2D eigenvalue weighted by Gasteiger charge is -1.94. The lowest BCUT2D eigenvalue weighted by Crippen LogP contribution is -2.30. The quantitative estimate of drug-likeness (QED) is 0.433. The van der Waals surface area contributed by atoms with Crippen LogP contribution in [0, 0.1) is 0 Å². The van der Waals surface area contributed by atoms with E-state index >= 15 is 0 Å². The largest absolute Gasteiger partial charge is 0.369 e. The summed E-state index contributed by atoms with van der Waals surface area (Å²) in [6, 6.07) is 6.99. The summed E-state index contributed by atoms with van der Waals surface area (Å²) in [6.45, 7) is 0. The van der Waals surface area contributed by atoms with E-state index in [0.29, 0.717) is 11.0 Å². The molecule has 0 bridgehead atoms. The van der Waals surface area contributed by atoms with E-state index in [0.717, 1.165) is 4.15 Å². The molecule has 0 amide bonds. The van der Waals surface area contributed by atoms with Gasteiger partial charge in [0.1, 0.15) is 0 Å². The Hall–Kier alpha value is -1.42. The Morgan fingerprint density at radius 1 is 1.33 bits per heavy atom. The molecular formula is C8H5NO2S. The van der Waals surface area contributed by atoms with E-state index in [-0.39, 0.29) is 5.43 Å². The molecule has 0 fully saturated rings. The summed E-state index contributed by atoms with van der Waals surface area (Å²) in [5.74, 6) is 0. The molecule has 0 aliphatic carbocycles. The minimum absolute atomic E-state index is 0.119. The maximum atomic E-state index is 11.3. The zero-order chi connectivity index (χ0) is 8.55. The van der Waals surface area contributed by atoms with Crippen molar-refractivity contribution in [2.45, 2.75) is 0 Å². The number of hydrogen-bond donors (Lipinski definition) is 0. The predicted molar refractivity (Wildman–Crippen MR) is 45.4 cm³/mol. The summed E-state index contributed by atoms with van der Waals surface area (Å²) in [6.07, 6.45) is 1.23. The summed E-state index contributed by atoms with van der Waals surface area (Å²) in [7, 11) is 0. The van der Waals surface area contributed by atoms with Gasteiger partial charge in [-0.05, 0) is 12.1 Å². The minimum atomic E-state index is -0.119. The zero-order valence-corrected chi connectivity index (χ0v) is 6.88. The van der Waals surface area contributed by atoms with Gasteiger partial charge in [-0.25, -0.2) is 0 Å². The van der Waals surface area contributed by atoms with Crippen molar-refractivity contribution in [2.24, 2.45) is 0 Å². The molecule has 2 aromatic rings. The molecule has 0 radical (unpaired) electrons. The van der Waals surface area contributed by atoms with Crippen LogP contribution >= 0.6 is 0 Å². The van der Waals surface area contributed by atoms with Crippen LogP contribution in [0.3, 0.4) is 0 Å². The van der Waals surface area contributed by atoms with E-state index in [1.54, 1.807) is 24.3 Å². The van der Waals surface area contributed by atoms with Crippen molar-refractivity contribution >= 4 is 23.8 Å². The van der Waals surface area contributed by atoms with Crippen LogP contribution in [-0.2, 0) is 12.8 Å². The molecule has 12 heavy (non-hydrogen) atoms. The maximum Gasteiger partial charge on any atom is 0.255 e. The summed E-state index contributed by atoms with van der Waals surface area (Å²) in [5.41, 5.74) is 0.395. The average molecular weight is 179 g/mol. The molecule has 2 rings (SSSR count). The highest BCUT2D eigenvalue weighted by molar-refractivity contribution is 7.50. The second-order valence-corrected chi connectivity index (χ2v) is 2.73. The fourth-order valence-electron chi connectivity index (χ4n) is 1.04. The summed E-state index contributed by atoms with van der Waals surface area (Å²) in [5, 5.41) is 0.554. The number of benzene rings is 1. The van der Waals surface area contributed by atoms with Crippen LogP contribution in [-0.4, -0.2) is 0 Å². The second-order valence-electron chi connectivity index (χ2n) is 2.37. The Labute approximate surface area is 73.8 Å². The molecule has 4 heteroatoms. The summed E-state index contributed by atoms with van der Waals surface area (Å²) >= 11 is 4.68. The van der Waals surface area contributed by atoms with Gasteiger partial charge in [-0.2, -0.15) is 0 Å². The lowest BCUT2D eigenvalue weighted by atomic mass is 10.2. The Kier molecular flexibility index (Phi) is 1.55.